The molecule has 3 fully saturated rings. The highest BCUT2D eigenvalue weighted by molar-refractivity contribution is 5.97. The molecular formula is C26H27N7O2. The third-order valence-electron chi connectivity index (χ3n) is 6.98. The van der Waals surface area contributed by atoms with Crippen molar-refractivity contribution in [3.05, 3.63) is 47.4 Å². The first-order valence-corrected chi connectivity index (χ1v) is 12.1. The summed E-state index contributed by atoms with van der Waals surface area (Å²) in [6.45, 7) is 4.73. The van der Waals surface area contributed by atoms with Crippen molar-refractivity contribution < 1.29 is 9.53 Å². The van der Waals surface area contributed by atoms with E-state index in [2.05, 4.69) is 60.5 Å². The van der Waals surface area contributed by atoms with E-state index in [0.29, 0.717) is 46.5 Å². The predicted octanol–water partition coefficient (Wildman–Crippen LogP) is 2.43. The molecule has 1 amide bonds. The van der Waals surface area contributed by atoms with Gasteiger partial charge < -0.3 is 15.4 Å². The maximum atomic E-state index is 12.4. The molecule has 2 saturated carbocycles. The lowest BCUT2D eigenvalue weighted by molar-refractivity contribution is -0.117. The lowest BCUT2D eigenvalue weighted by Crippen LogP contribution is -2.36. The quantitative estimate of drug-likeness (QED) is 0.549. The van der Waals surface area contributed by atoms with Crippen molar-refractivity contribution in [3.63, 3.8) is 0 Å². The Hall–Kier alpha value is -3.61. The van der Waals surface area contributed by atoms with Crippen LogP contribution in [-0.2, 0) is 16.1 Å². The summed E-state index contributed by atoms with van der Waals surface area (Å²) < 4.78 is 5.69. The molecule has 9 heteroatoms. The molecule has 178 valence electrons. The molecule has 4 atom stereocenters. The largest absolute Gasteiger partial charge is 0.375 e. The highest BCUT2D eigenvalue weighted by Crippen LogP contribution is 2.38. The number of nitrogens with one attached hydrogen (secondary N) is 2. The second kappa shape index (κ2) is 8.87. The number of anilines is 2. The number of nitrogens with zero attached hydrogens (tertiary/aromatic N) is 5. The number of aromatic nitrogens is 4. The molecular weight excluding hydrogens is 442 g/mol. The minimum atomic E-state index is -0.0137. The highest BCUT2D eigenvalue weighted by Gasteiger charge is 2.45. The fourth-order valence-corrected chi connectivity index (χ4v) is 4.65. The van der Waals surface area contributed by atoms with Gasteiger partial charge in [0.05, 0.1) is 18.3 Å². The molecule has 35 heavy (non-hydrogen) atoms. The van der Waals surface area contributed by atoms with Crippen molar-refractivity contribution in [2.75, 3.05) is 30.8 Å². The van der Waals surface area contributed by atoms with Crippen LogP contribution < -0.4 is 10.6 Å². The highest BCUT2D eigenvalue weighted by atomic mass is 16.5. The standard InChI is InChI=1S/C26H27N7O2/c1-15-9-19(15)26(34)30-23-10-20-17(13-29-25(27-2)24(20)32-31-23)4-6-18-5-3-16(12-28-18)14-33-7-8-35-22-11-21(22)33/h3,5,10,12-13,15,19,21-22H,7-9,11,14H2,1-2H3,(H,27,29)(H,30,31,34)/t15-,19+,21?,22?/m1/s1. The predicted molar refractivity (Wildman–Crippen MR) is 132 cm³/mol. The number of amides is 1. The van der Waals surface area contributed by atoms with E-state index in [0.717, 1.165) is 37.9 Å². The van der Waals surface area contributed by atoms with Gasteiger partial charge in [-0.05, 0) is 42.4 Å². The van der Waals surface area contributed by atoms with Crippen molar-refractivity contribution in [3.8, 4) is 11.8 Å². The van der Waals surface area contributed by atoms with Crippen LogP contribution >= 0.6 is 0 Å². The Balaban J connectivity index is 1.22. The average molecular weight is 470 g/mol. The zero-order valence-electron chi connectivity index (χ0n) is 19.8. The number of carbonyl (C=O) groups is 1. The van der Waals surface area contributed by atoms with E-state index in [1.807, 2.05) is 18.3 Å². The van der Waals surface area contributed by atoms with E-state index >= 15 is 0 Å². The van der Waals surface area contributed by atoms with E-state index in [1.54, 1.807) is 13.2 Å². The first-order chi connectivity index (χ1) is 17.1. The number of morpholine rings is 1. The molecule has 3 aromatic heterocycles. The molecule has 0 spiro atoms. The van der Waals surface area contributed by atoms with Crippen molar-refractivity contribution in [2.24, 2.45) is 11.8 Å². The molecule has 4 heterocycles. The molecule has 3 aliphatic rings. The summed E-state index contributed by atoms with van der Waals surface area (Å²) in [6, 6.07) is 6.41. The zero-order chi connectivity index (χ0) is 23.9. The molecule has 2 aliphatic carbocycles. The van der Waals surface area contributed by atoms with Gasteiger partial charge in [-0.2, -0.15) is 0 Å². The van der Waals surface area contributed by atoms with Crippen LogP contribution in [-0.4, -0.2) is 63.3 Å². The molecule has 2 N–H and O–H groups in total. The Morgan fingerprint density at radius 2 is 2.09 bits per heavy atom. The van der Waals surface area contributed by atoms with Gasteiger partial charge >= 0.3 is 0 Å². The number of pyridine rings is 2. The lowest BCUT2D eigenvalue weighted by Gasteiger charge is -2.26. The van der Waals surface area contributed by atoms with Crippen molar-refractivity contribution in [2.45, 2.75) is 38.5 Å². The first-order valence-electron chi connectivity index (χ1n) is 12.1. The van der Waals surface area contributed by atoms with Gasteiger partial charge in [-0.3, -0.25) is 9.69 Å². The topological polar surface area (TPSA) is 105 Å². The van der Waals surface area contributed by atoms with Gasteiger partial charge in [0.1, 0.15) is 11.2 Å². The Kier molecular flexibility index (Phi) is 5.55. The smallest absolute Gasteiger partial charge is 0.228 e. The van der Waals surface area contributed by atoms with Crippen LogP contribution in [0.5, 0.6) is 0 Å². The minimum Gasteiger partial charge on any atom is -0.375 e. The SMILES string of the molecule is CNc1ncc(C#Cc2ccc(CN3CCOC4CC43)cn2)c2cc(NC(=O)[C@H]3C[C@H]3C)nnc12. The summed E-state index contributed by atoms with van der Waals surface area (Å²) in [7, 11) is 1.78. The maximum Gasteiger partial charge on any atom is 0.228 e. The fraction of sp³-hybridized carbons (Fsp3) is 0.423. The normalized spacial score (nSPS) is 24.7. The van der Waals surface area contributed by atoms with E-state index < -0.39 is 0 Å². The molecule has 2 unspecified atom stereocenters. The fourth-order valence-electron chi connectivity index (χ4n) is 4.65. The summed E-state index contributed by atoms with van der Waals surface area (Å²) >= 11 is 0. The Labute approximate surface area is 203 Å². The van der Waals surface area contributed by atoms with E-state index in [4.69, 9.17) is 4.74 Å². The molecule has 0 aromatic carbocycles. The van der Waals surface area contributed by atoms with E-state index in [9.17, 15) is 4.79 Å². The van der Waals surface area contributed by atoms with Crippen LogP contribution in [0.25, 0.3) is 10.9 Å². The van der Waals surface area contributed by atoms with E-state index in [-0.39, 0.29) is 11.8 Å². The van der Waals surface area contributed by atoms with Gasteiger partial charge in [0.2, 0.25) is 5.91 Å². The summed E-state index contributed by atoms with van der Waals surface area (Å²) in [5.41, 5.74) is 3.16. The molecule has 1 aliphatic heterocycles. The van der Waals surface area contributed by atoms with Crippen LogP contribution in [0.4, 0.5) is 11.6 Å². The summed E-state index contributed by atoms with van der Waals surface area (Å²) in [5, 5.41) is 15.2. The van der Waals surface area contributed by atoms with Crippen molar-refractivity contribution >= 4 is 28.4 Å². The van der Waals surface area contributed by atoms with Crippen molar-refractivity contribution in [1.82, 2.24) is 25.1 Å². The molecule has 1 saturated heterocycles. The summed E-state index contributed by atoms with van der Waals surface area (Å²) in [5.74, 6) is 7.81. The number of carbonyl (C=O) groups excluding carboxylic acids is 1. The number of ether oxygens (including phenoxy) is 1. The van der Waals surface area contributed by atoms with Crippen LogP contribution in [0.3, 0.4) is 0 Å². The number of hydrogen-bond acceptors (Lipinski definition) is 8. The number of fused-ring (bicyclic) bond motifs is 2. The molecule has 0 radical (unpaired) electrons. The van der Waals surface area contributed by atoms with Gasteiger partial charge in [-0.25, -0.2) is 9.97 Å². The first kappa shape index (κ1) is 21.9. The third-order valence-corrected chi connectivity index (χ3v) is 6.98. The Morgan fingerprint density at radius 1 is 1.20 bits per heavy atom. The summed E-state index contributed by atoms with van der Waals surface area (Å²) in [4.78, 5) is 23.8. The van der Waals surface area contributed by atoms with Gasteiger partial charge in [0.15, 0.2) is 11.6 Å². The van der Waals surface area contributed by atoms with Crippen LogP contribution in [0.15, 0.2) is 30.6 Å². The zero-order valence-corrected chi connectivity index (χ0v) is 19.8. The van der Waals surface area contributed by atoms with Crippen LogP contribution in [0.1, 0.15) is 36.6 Å². The monoisotopic (exact) mass is 469 g/mol. The van der Waals surface area contributed by atoms with Gasteiger partial charge in [-0.15, -0.1) is 10.2 Å². The second-order valence-corrected chi connectivity index (χ2v) is 9.56. The maximum absolute atomic E-state index is 12.4. The molecule has 6 rings (SSSR count). The van der Waals surface area contributed by atoms with Crippen LogP contribution in [0.2, 0.25) is 0 Å². The van der Waals surface area contributed by atoms with Crippen molar-refractivity contribution in [1.29, 1.82) is 0 Å². The Bertz CT molecular complexity index is 1350. The van der Waals surface area contributed by atoms with E-state index in [1.165, 1.54) is 5.56 Å². The number of hydrogen-bond donors (Lipinski definition) is 2. The molecule has 3 aromatic rings. The average Bonchev–Trinajstić information content (AvgIpc) is 3.80. The van der Waals surface area contributed by atoms with Gasteiger partial charge in [0.25, 0.3) is 0 Å². The van der Waals surface area contributed by atoms with Crippen LogP contribution in [0, 0.1) is 23.7 Å². The third kappa shape index (κ3) is 4.55. The second-order valence-electron chi connectivity index (χ2n) is 9.56. The molecule has 0 bridgehead atoms. The lowest BCUT2D eigenvalue weighted by atomic mass is 10.1. The minimum absolute atomic E-state index is 0.0137. The molecule has 9 nitrogen and oxygen atoms in total. The van der Waals surface area contributed by atoms with Gasteiger partial charge in [0, 0.05) is 49.9 Å². The number of rotatable bonds is 5. The Morgan fingerprint density at radius 3 is 2.86 bits per heavy atom. The summed E-state index contributed by atoms with van der Waals surface area (Å²) in [6.07, 6.45) is 6.08. The van der Waals surface area contributed by atoms with Gasteiger partial charge in [-0.1, -0.05) is 18.9 Å².